The summed E-state index contributed by atoms with van der Waals surface area (Å²) in [6, 6.07) is 3.94. The lowest BCUT2D eigenvalue weighted by atomic mass is 9.74. The van der Waals surface area contributed by atoms with Gasteiger partial charge in [0.15, 0.2) is 21.1 Å². The zero-order chi connectivity index (χ0) is 25.1. The SMILES string of the molecule is CC(C)(CC(O)(Cn1ccc(=O)c2scnc21)C(F)(F)F)c1cc(S(C)(=O)=O)cc2c1OCC2. The van der Waals surface area contributed by atoms with Gasteiger partial charge in [0.1, 0.15) is 10.4 Å². The van der Waals surface area contributed by atoms with Crippen LogP contribution in [0.1, 0.15) is 31.4 Å². The highest BCUT2D eigenvalue weighted by Gasteiger charge is 2.56. The van der Waals surface area contributed by atoms with Crippen LogP contribution in [0.25, 0.3) is 10.3 Å². The van der Waals surface area contributed by atoms with Crippen molar-refractivity contribution in [2.75, 3.05) is 12.9 Å². The summed E-state index contributed by atoms with van der Waals surface area (Å²) in [6.45, 7) is 2.41. The molecule has 1 atom stereocenters. The summed E-state index contributed by atoms with van der Waals surface area (Å²) in [4.78, 5) is 16.0. The number of sulfone groups is 1. The van der Waals surface area contributed by atoms with E-state index in [-0.39, 0.29) is 32.8 Å². The van der Waals surface area contributed by atoms with Gasteiger partial charge >= 0.3 is 6.18 Å². The van der Waals surface area contributed by atoms with E-state index >= 15 is 0 Å². The molecule has 2 aromatic heterocycles. The molecule has 0 radical (unpaired) electrons. The molecular weight excluding hydrogens is 493 g/mol. The number of ether oxygens (including phenoxy) is 1. The number of pyridine rings is 1. The lowest BCUT2D eigenvalue weighted by Crippen LogP contribution is -2.52. The smallest absolute Gasteiger partial charge is 0.418 e. The Kier molecular flexibility index (Phi) is 5.85. The maximum Gasteiger partial charge on any atom is 0.418 e. The molecular formula is C22H23F3N2O5S2. The molecule has 1 aromatic carbocycles. The number of rotatable bonds is 6. The van der Waals surface area contributed by atoms with E-state index in [1.165, 1.54) is 37.7 Å². The van der Waals surface area contributed by atoms with E-state index in [1.807, 2.05) is 0 Å². The van der Waals surface area contributed by atoms with Crippen LogP contribution in [-0.2, 0) is 28.2 Å². The molecule has 1 aliphatic rings. The van der Waals surface area contributed by atoms with Crippen LogP contribution in [0.3, 0.4) is 0 Å². The van der Waals surface area contributed by atoms with Crippen molar-refractivity contribution in [3.8, 4) is 5.75 Å². The topological polar surface area (TPSA) is 98.5 Å². The number of alkyl halides is 3. The lowest BCUT2D eigenvalue weighted by molar-refractivity contribution is -0.271. The summed E-state index contributed by atoms with van der Waals surface area (Å²) in [7, 11) is -3.63. The third-order valence-electron chi connectivity index (χ3n) is 6.06. The molecule has 12 heteroatoms. The van der Waals surface area contributed by atoms with Gasteiger partial charge in [0.05, 0.1) is 23.6 Å². The molecule has 0 spiro atoms. The van der Waals surface area contributed by atoms with Gasteiger partial charge in [-0.15, -0.1) is 11.3 Å². The largest absolute Gasteiger partial charge is 0.493 e. The van der Waals surface area contributed by atoms with Gasteiger partial charge in [-0.2, -0.15) is 13.2 Å². The number of fused-ring (bicyclic) bond motifs is 2. The minimum absolute atomic E-state index is 0.0139. The fourth-order valence-corrected chi connectivity index (χ4v) is 5.80. The van der Waals surface area contributed by atoms with E-state index in [9.17, 15) is 31.5 Å². The second-order valence-electron chi connectivity index (χ2n) is 9.23. The van der Waals surface area contributed by atoms with Crippen molar-refractivity contribution in [1.82, 2.24) is 9.55 Å². The van der Waals surface area contributed by atoms with E-state index in [4.69, 9.17) is 4.74 Å². The summed E-state index contributed by atoms with van der Waals surface area (Å²) < 4.78 is 74.3. The Morgan fingerprint density at radius 2 is 1.97 bits per heavy atom. The van der Waals surface area contributed by atoms with Gasteiger partial charge in [-0.3, -0.25) is 4.79 Å². The molecule has 184 valence electrons. The summed E-state index contributed by atoms with van der Waals surface area (Å²) in [6.07, 6.45) is -3.18. The van der Waals surface area contributed by atoms with E-state index in [0.29, 0.717) is 17.7 Å². The quantitative estimate of drug-likeness (QED) is 0.539. The van der Waals surface area contributed by atoms with Gasteiger partial charge in [-0.05, 0) is 29.5 Å². The van der Waals surface area contributed by atoms with Gasteiger partial charge < -0.3 is 14.4 Å². The minimum Gasteiger partial charge on any atom is -0.493 e. The lowest BCUT2D eigenvalue weighted by Gasteiger charge is -2.39. The van der Waals surface area contributed by atoms with Crippen molar-refractivity contribution in [2.24, 2.45) is 0 Å². The molecule has 0 saturated heterocycles. The van der Waals surface area contributed by atoms with Gasteiger partial charge in [-0.25, -0.2) is 13.4 Å². The number of benzene rings is 1. The van der Waals surface area contributed by atoms with Gasteiger partial charge in [0, 0.05) is 30.5 Å². The normalized spacial score (nSPS) is 16.3. The molecule has 4 rings (SSSR count). The second kappa shape index (κ2) is 8.06. The first kappa shape index (κ1) is 24.7. The Morgan fingerprint density at radius 3 is 2.62 bits per heavy atom. The van der Waals surface area contributed by atoms with Crippen molar-refractivity contribution in [1.29, 1.82) is 0 Å². The van der Waals surface area contributed by atoms with Crippen molar-refractivity contribution in [3.63, 3.8) is 0 Å². The molecule has 1 aliphatic heterocycles. The Balaban J connectivity index is 1.80. The van der Waals surface area contributed by atoms with Crippen LogP contribution in [-0.4, -0.2) is 47.7 Å². The van der Waals surface area contributed by atoms with E-state index in [0.717, 1.165) is 28.2 Å². The second-order valence-corrected chi connectivity index (χ2v) is 12.1. The van der Waals surface area contributed by atoms with Crippen LogP contribution in [0.5, 0.6) is 5.75 Å². The molecule has 0 fully saturated rings. The molecule has 1 unspecified atom stereocenters. The standard InChI is InChI=1S/C22H23F3N2O5S2/c1-20(2,15-9-14(34(3,30)31)8-13-5-7-32-17(13)15)10-21(29,22(23,24)25)11-27-6-4-16(28)18-19(27)26-12-33-18/h4,6,8-9,12,29H,5,7,10-11H2,1-3H3. The Morgan fingerprint density at radius 1 is 1.26 bits per heavy atom. The predicted octanol–water partition coefficient (Wildman–Crippen LogP) is 3.46. The average molecular weight is 517 g/mol. The molecule has 0 aliphatic carbocycles. The van der Waals surface area contributed by atoms with Crippen LogP contribution >= 0.6 is 11.3 Å². The highest BCUT2D eigenvalue weighted by atomic mass is 32.2. The van der Waals surface area contributed by atoms with Crippen LogP contribution in [0, 0.1) is 0 Å². The van der Waals surface area contributed by atoms with Gasteiger partial charge in [0.2, 0.25) is 5.43 Å². The predicted molar refractivity (Wildman–Crippen MR) is 121 cm³/mol. The number of aromatic nitrogens is 2. The summed E-state index contributed by atoms with van der Waals surface area (Å²) in [5.41, 5.74) is -2.61. The van der Waals surface area contributed by atoms with Crippen LogP contribution in [0.4, 0.5) is 13.2 Å². The van der Waals surface area contributed by atoms with Crippen molar-refractivity contribution in [2.45, 2.75) is 55.3 Å². The van der Waals surface area contributed by atoms with E-state index in [1.54, 1.807) is 0 Å². The average Bonchev–Trinajstić information content (AvgIpc) is 3.37. The molecule has 7 nitrogen and oxygen atoms in total. The Labute approximate surface area is 197 Å². The first-order chi connectivity index (χ1) is 15.6. The van der Waals surface area contributed by atoms with Gasteiger partial charge in [0.25, 0.3) is 0 Å². The number of halogens is 3. The molecule has 0 bridgehead atoms. The maximum absolute atomic E-state index is 14.3. The van der Waals surface area contributed by atoms with Crippen molar-refractivity contribution >= 4 is 31.5 Å². The molecule has 3 heterocycles. The molecule has 0 amide bonds. The summed E-state index contributed by atoms with van der Waals surface area (Å²) >= 11 is 1.01. The van der Waals surface area contributed by atoms with Crippen LogP contribution < -0.4 is 10.2 Å². The zero-order valence-electron chi connectivity index (χ0n) is 18.6. The summed E-state index contributed by atoms with van der Waals surface area (Å²) in [5.74, 6) is 0.354. The highest BCUT2D eigenvalue weighted by molar-refractivity contribution is 7.90. The molecule has 1 N–H and O–H groups in total. The number of hydrogen-bond acceptors (Lipinski definition) is 7. The fourth-order valence-electron chi connectivity index (χ4n) is 4.39. The Bertz CT molecular complexity index is 1430. The molecule has 3 aromatic rings. The monoisotopic (exact) mass is 516 g/mol. The fraction of sp³-hybridized carbons (Fsp3) is 0.455. The molecule has 34 heavy (non-hydrogen) atoms. The van der Waals surface area contributed by atoms with Crippen molar-refractivity contribution in [3.05, 3.63) is 51.3 Å². The molecule has 0 saturated carbocycles. The third-order valence-corrected chi connectivity index (χ3v) is 7.98. The number of aliphatic hydroxyl groups is 1. The zero-order valence-corrected chi connectivity index (χ0v) is 20.3. The first-order valence-electron chi connectivity index (χ1n) is 10.3. The van der Waals surface area contributed by atoms with Crippen LogP contribution in [0.15, 0.2) is 39.6 Å². The highest BCUT2D eigenvalue weighted by Crippen LogP contribution is 2.47. The van der Waals surface area contributed by atoms with Gasteiger partial charge in [-0.1, -0.05) is 13.8 Å². The van der Waals surface area contributed by atoms with Crippen LogP contribution in [0.2, 0.25) is 0 Å². The number of hydrogen-bond donors (Lipinski definition) is 1. The Hall–Kier alpha value is -2.44. The maximum atomic E-state index is 14.3. The summed E-state index contributed by atoms with van der Waals surface area (Å²) in [5, 5.41) is 11.0. The van der Waals surface area contributed by atoms with Crippen molar-refractivity contribution < 1.29 is 31.4 Å². The third kappa shape index (κ3) is 4.34. The minimum atomic E-state index is -5.03. The number of nitrogens with zero attached hydrogens (tertiary/aromatic N) is 2. The first-order valence-corrected chi connectivity index (χ1v) is 13.1. The number of thiazole rings is 1. The van der Waals surface area contributed by atoms with E-state index in [2.05, 4.69) is 4.98 Å². The van der Waals surface area contributed by atoms with E-state index < -0.39 is 40.0 Å².